The smallest absolute Gasteiger partial charge is 0.287 e. The van der Waals surface area contributed by atoms with Crippen molar-refractivity contribution in [2.45, 2.75) is 44.8 Å². The number of ether oxygens (including phenoxy) is 2. The number of hydrogen-bond acceptors (Lipinski definition) is 4. The number of benzene rings is 2. The van der Waals surface area contributed by atoms with Crippen molar-refractivity contribution in [2.75, 3.05) is 7.11 Å². The molecular weight excluding hydrogens is 378 g/mol. The van der Waals surface area contributed by atoms with Crippen LogP contribution >= 0.6 is 0 Å². The van der Waals surface area contributed by atoms with Gasteiger partial charge in [0.25, 0.3) is 5.91 Å². The van der Waals surface area contributed by atoms with Gasteiger partial charge in [-0.05, 0) is 68.5 Å². The number of carbonyl (C=O) groups excluding carboxylic acids is 1. The van der Waals surface area contributed by atoms with Crippen LogP contribution in [-0.2, 0) is 6.54 Å². The fraction of sp³-hybridized carbons (Fsp3) is 0.320. The summed E-state index contributed by atoms with van der Waals surface area (Å²) in [6.45, 7) is 2.35. The summed E-state index contributed by atoms with van der Waals surface area (Å²) in [5.41, 5.74) is 3.38. The third-order valence-corrected chi connectivity index (χ3v) is 6.23. The first-order valence-electron chi connectivity index (χ1n) is 10.4. The molecule has 5 nitrogen and oxygen atoms in total. The van der Waals surface area contributed by atoms with Crippen LogP contribution in [0, 0.1) is 6.92 Å². The Morgan fingerprint density at radius 3 is 2.63 bits per heavy atom. The highest BCUT2D eigenvalue weighted by atomic mass is 16.5. The van der Waals surface area contributed by atoms with Gasteiger partial charge >= 0.3 is 0 Å². The van der Waals surface area contributed by atoms with E-state index >= 15 is 0 Å². The van der Waals surface area contributed by atoms with E-state index in [0.29, 0.717) is 17.9 Å². The summed E-state index contributed by atoms with van der Waals surface area (Å²) in [5.74, 6) is 1.79. The van der Waals surface area contributed by atoms with Crippen LogP contribution in [0.25, 0.3) is 17.0 Å². The molecule has 2 heterocycles. The van der Waals surface area contributed by atoms with Crippen LogP contribution in [0.1, 0.15) is 52.9 Å². The first-order chi connectivity index (χ1) is 14.6. The van der Waals surface area contributed by atoms with Crippen molar-refractivity contribution < 1.29 is 18.7 Å². The molecule has 1 saturated carbocycles. The van der Waals surface area contributed by atoms with Crippen LogP contribution < -0.4 is 14.8 Å². The van der Waals surface area contributed by atoms with Crippen LogP contribution in [0.3, 0.4) is 0 Å². The summed E-state index contributed by atoms with van der Waals surface area (Å²) in [5, 5.41) is 3.90. The van der Waals surface area contributed by atoms with E-state index in [9.17, 15) is 4.79 Å². The Morgan fingerprint density at radius 1 is 1.13 bits per heavy atom. The number of amides is 1. The zero-order valence-corrected chi connectivity index (χ0v) is 17.3. The summed E-state index contributed by atoms with van der Waals surface area (Å²) in [6.07, 6.45) is 8.86. The molecule has 154 valence electrons. The summed E-state index contributed by atoms with van der Waals surface area (Å²) in [7, 11) is 1.63. The fourth-order valence-corrected chi connectivity index (χ4v) is 4.56. The van der Waals surface area contributed by atoms with Crippen LogP contribution in [0.5, 0.6) is 11.5 Å². The molecule has 2 aromatic carbocycles. The molecular formula is C25H25NO4. The number of carbonyl (C=O) groups is 1. The molecule has 3 aromatic rings. The largest absolute Gasteiger partial charge is 0.497 e. The van der Waals surface area contributed by atoms with Gasteiger partial charge in [0.05, 0.1) is 7.11 Å². The van der Waals surface area contributed by atoms with E-state index in [-0.39, 0.29) is 11.5 Å². The highest BCUT2D eigenvalue weighted by Crippen LogP contribution is 2.44. The Kier molecular flexibility index (Phi) is 4.54. The van der Waals surface area contributed by atoms with Crippen LogP contribution in [0.15, 0.2) is 46.9 Å². The SMILES string of the molecule is COc1ccc(CNC(=O)c2oc3ccc4c(c3c2C)C=CC2(CCCC2)O4)cc1. The first-order valence-corrected chi connectivity index (χ1v) is 10.4. The molecule has 1 amide bonds. The Labute approximate surface area is 175 Å². The first kappa shape index (κ1) is 18.8. The van der Waals surface area contributed by atoms with Gasteiger partial charge in [0, 0.05) is 23.1 Å². The van der Waals surface area contributed by atoms with Crippen molar-refractivity contribution in [1.82, 2.24) is 5.32 Å². The number of nitrogens with one attached hydrogen (secondary N) is 1. The second-order valence-electron chi connectivity index (χ2n) is 8.14. The van der Waals surface area contributed by atoms with Gasteiger partial charge in [-0.15, -0.1) is 0 Å². The number of aryl methyl sites for hydroxylation is 1. The summed E-state index contributed by atoms with van der Waals surface area (Å²) >= 11 is 0. The van der Waals surface area contributed by atoms with E-state index in [4.69, 9.17) is 13.9 Å². The summed E-state index contributed by atoms with van der Waals surface area (Å²) < 4.78 is 17.5. The molecule has 1 aromatic heterocycles. The molecule has 0 atom stereocenters. The normalized spacial score (nSPS) is 16.5. The predicted octanol–water partition coefficient (Wildman–Crippen LogP) is 5.40. The molecule has 2 aliphatic rings. The molecule has 1 spiro atoms. The molecule has 1 aliphatic carbocycles. The lowest BCUT2D eigenvalue weighted by Crippen LogP contribution is -2.31. The highest BCUT2D eigenvalue weighted by molar-refractivity contribution is 6.02. The number of hydrogen-bond donors (Lipinski definition) is 1. The van der Waals surface area contributed by atoms with Gasteiger partial charge < -0.3 is 19.2 Å². The van der Waals surface area contributed by atoms with Gasteiger partial charge in [0.1, 0.15) is 22.7 Å². The summed E-state index contributed by atoms with van der Waals surface area (Å²) in [4.78, 5) is 12.8. The van der Waals surface area contributed by atoms with E-state index in [2.05, 4.69) is 17.5 Å². The molecule has 1 fully saturated rings. The number of rotatable bonds is 4. The standard InChI is InChI=1S/C25H25NO4/c1-16-22-19-11-14-25(12-3-4-13-25)30-20(19)9-10-21(22)29-23(16)24(27)26-15-17-5-7-18(28-2)8-6-17/h5-11,14H,3-4,12-13,15H2,1-2H3,(H,26,27). The van der Waals surface area contributed by atoms with Gasteiger partial charge in [0.2, 0.25) is 0 Å². The maximum Gasteiger partial charge on any atom is 0.287 e. The zero-order valence-electron chi connectivity index (χ0n) is 17.3. The maximum absolute atomic E-state index is 12.8. The van der Waals surface area contributed by atoms with Crippen molar-refractivity contribution >= 4 is 23.0 Å². The van der Waals surface area contributed by atoms with E-state index in [1.807, 2.05) is 43.3 Å². The Hall–Kier alpha value is -3.21. The predicted molar refractivity (Wildman–Crippen MR) is 116 cm³/mol. The number of fused-ring (bicyclic) bond motifs is 3. The third kappa shape index (κ3) is 3.15. The van der Waals surface area contributed by atoms with Crippen molar-refractivity contribution in [1.29, 1.82) is 0 Å². The monoisotopic (exact) mass is 403 g/mol. The molecule has 5 heteroatoms. The second-order valence-corrected chi connectivity index (χ2v) is 8.14. The van der Waals surface area contributed by atoms with Gasteiger partial charge in [0.15, 0.2) is 5.76 Å². The van der Waals surface area contributed by atoms with E-state index in [1.165, 1.54) is 12.8 Å². The average molecular weight is 403 g/mol. The van der Waals surface area contributed by atoms with Gasteiger partial charge in [-0.2, -0.15) is 0 Å². The summed E-state index contributed by atoms with van der Waals surface area (Å²) in [6, 6.07) is 11.5. The van der Waals surface area contributed by atoms with E-state index in [1.54, 1.807) is 7.11 Å². The number of methoxy groups -OCH3 is 1. The lowest BCUT2D eigenvalue weighted by molar-refractivity contribution is 0.0924. The molecule has 30 heavy (non-hydrogen) atoms. The average Bonchev–Trinajstić information content (AvgIpc) is 3.37. The van der Waals surface area contributed by atoms with E-state index in [0.717, 1.165) is 46.4 Å². The molecule has 1 aliphatic heterocycles. The van der Waals surface area contributed by atoms with Crippen molar-refractivity contribution in [3.63, 3.8) is 0 Å². The van der Waals surface area contributed by atoms with Gasteiger partial charge in [-0.25, -0.2) is 0 Å². The van der Waals surface area contributed by atoms with Crippen molar-refractivity contribution in [2.24, 2.45) is 0 Å². The lowest BCUT2D eigenvalue weighted by atomic mass is 9.94. The number of furan rings is 1. The third-order valence-electron chi connectivity index (χ3n) is 6.23. The Bertz CT molecular complexity index is 1130. The minimum Gasteiger partial charge on any atom is -0.497 e. The topological polar surface area (TPSA) is 60.7 Å². The Morgan fingerprint density at radius 2 is 1.90 bits per heavy atom. The highest BCUT2D eigenvalue weighted by Gasteiger charge is 2.36. The van der Waals surface area contributed by atoms with Gasteiger partial charge in [-0.3, -0.25) is 4.79 Å². The molecule has 1 N–H and O–H groups in total. The van der Waals surface area contributed by atoms with Crippen LogP contribution in [0.2, 0.25) is 0 Å². The lowest BCUT2D eigenvalue weighted by Gasteiger charge is -2.31. The van der Waals surface area contributed by atoms with Gasteiger partial charge in [-0.1, -0.05) is 18.2 Å². The van der Waals surface area contributed by atoms with Crippen LogP contribution in [0.4, 0.5) is 0 Å². The molecule has 0 radical (unpaired) electrons. The Balaban J connectivity index is 1.40. The van der Waals surface area contributed by atoms with Crippen molar-refractivity contribution in [3.8, 4) is 11.5 Å². The molecule has 5 rings (SSSR count). The van der Waals surface area contributed by atoms with E-state index < -0.39 is 0 Å². The van der Waals surface area contributed by atoms with Crippen LogP contribution in [-0.4, -0.2) is 18.6 Å². The molecule has 0 saturated heterocycles. The zero-order chi connectivity index (χ0) is 20.7. The fourth-order valence-electron chi connectivity index (χ4n) is 4.56. The minimum absolute atomic E-state index is 0.156. The minimum atomic E-state index is -0.221. The maximum atomic E-state index is 12.8. The van der Waals surface area contributed by atoms with Crippen molar-refractivity contribution in [3.05, 3.63) is 64.9 Å². The molecule has 0 bridgehead atoms. The quantitative estimate of drug-likeness (QED) is 0.634. The second kappa shape index (κ2) is 7.24. The molecule has 0 unspecified atom stereocenters.